The topological polar surface area (TPSA) is 98.0 Å². The van der Waals surface area contributed by atoms with Gasteiger partial charge in [-0.15, -0.1) is 0 Å². The van der Waals surface area contributed by atoms with Crippen molar-refractivity contribution in [2.24, 2.45) is 4.99 Å². The molecule has 10 heteroatoms. The number of thiazole rings is 1. The second-order valence-electron chi connectivity index (χ2n) is 8.04. The number of nitrogens with zero attached hydrogens (tertiary/aromatic N) is 3. The van der Waals surface area contributed by atoms with Gasteiger partial charge in [-0.05, 0) is 62.2 Å². The number of sulfonamides is 1. The Morgan fingerprint density at radius 3 is 2.43 bits per heavy atom. The van der Waals surface area contributed by atoms with E-state index >= 15 is 0 Å². The first kappa shape index (κ1) is 26.8. The van der Waals surface area contributed by atoms with Gasteiger partial charge in [-0.25, -0.2) is 8.42 Å². The standard InChI is InChI=1S/C25H31N3O5S2/c1-5-8-15-27(6-2)35(31,32)20-12-10-19(11-13-20)24(30)26-25-28(17-23(29)33-7-3)21-14-9-18(4)16-22(21)34-25/h9-14,16H,5-8,15,17H2,1-4H3. The Kier molecular flexibility index (Phi) is 8.98. The van der Waals surface area contributed by atoms with Crippen molar-refractivity contribution in [2.45, 2.75) is 52.0 Å². The third-order valence-corrected chi connectivity index (χ3v) is 8.51. The second kappa shape index (κ2) is 11.7. The van der Waals surface area contributed by atoms with Crippen LogP contribution in [-0.4, -0.2) is 48.9 Å². The van der Waals surface area contributed by atoms with E-state index in [1.807, 2.05) is 39.0 Å². The maximum Gasteiger partial charge on any atom is 0.326 e. The van der Waals surface area contributed by atoms with Crippen molar-refractivity contribution in [3.63, 3.8) is 0 Å². The lowest BCUT2D eigenvalue weighted by Crippen LogP contribution is -2.31. The number of aryl methyl sites for hydroxylation is 1. The lowest BCUT2D eigenvalue weighted by Gasteiger charge is -2.20. The number of hydrogen-bond acceptors (Lipinski definition) is 6. The largest absolute Gasteiger partial charge is 0.465 e. The second-order valence-corrected chi connectivity index (χ2v) is 11.0. The summed E-state index contributed by atoms with van der Waals surface area (Å²) in [5, 5.41) is 0. The van der Waals surface area contributed by atoms with Gasteiger partial charge in [-0.2, -0.15) is 9.30 Å². The first-order valence-corrected chi connectivity index (χ1v) is 13.9. The van der Waals surface area contributed by atoms with Gasteiger partial charge in [0, 0.05) is 18.7 Å². The molecule has 0 aliphatic rings. The normalized spacial score (nSPS) is 12.4. The van der Waals surface area contributed by atoms with Crippen LogP contribution in [0.2, 0.25) is 0 Å². The van der Waals surface area contributed by atoms with Crippen LogP contribution in [0.25, 0.3) is 10.2 Å². The minimum absolute atomic E-state index is 0.0647. The maximum absolute atomic E-state index is 13.0. The van der Waals surface area contributed by atoms with Gasteiger partial charge in [0.25, 0.3) is 5.91 Å². The van der Waals surface area contributed by atoms with Crippen molar-refractivity contribution < 1.29 is 22.7 Å². The van der Waals surface area contributed by atoms with Crippen LogP contribution in [0.3, 0.4) is 0 Å². The Labute approximate surface area is 209 Å². The van der Waals surface area contributed by atoms with E-state index in [0.717, 1.165) is 28.6 Å². The quantitative estimate of drug-likeness (QED) is 0.377. The van der Waals surface area contributed by atoms with Crippen LogP contribution >= 0.6 is 11.3 Å². The Hall–Kier alpha value is -2.82. The van der Waals surface area contributed by atoms with Crippen LogP contribution in [0.4, 0.5) is 0 Å². The van der Waals surface area contributed by atoms with E-state index in [2.05, 4.69) is 4.99 Å². The molecule has 0 unspecified atom stereocenters. The fraction of sp³-hybridized carbons (Fsp3) is 0.400. The Balaban J connectivity index is 1.95. The van der Waals surface area contributed by atoms with Crippen LogP contribution in [0.5, 0.6) is 0 Å². The minimum Gasteiger partial charge on any atom is -0.465 e. The summed E-state index contributed by atoms with van der Waals surface area (Å²) in [6.45, 7) is 8.55. The maximum atomic E-state index is 13.0. The summed E-state index contributed by atoms with van der Waals surface area (Å²) in [5.74, 6) is -0.937. The summed E-state index contributed by atoms with van der Waals surface area (Å²) in [5.41, 5.74) is 2.10. The lowest BCUT2D eigenvalue weighted by molar-refractivity contribution is -0.143. The number of benzene rings is 2. The van der Waals surface area contributed by atoms with Gasteiger partial charge in [0.05, 0.1) is 21.7 Å². The zero-order valence-electron chi connectivity index (χ0n) is 20.5. The van der Waals surface area contributed by atoms with Crippen LogP contribution in [-0.2, 0) is 26.1 Å². The van der Waals surface area contributed by atoms with Gasteiger partial charge in [0.1, 0.15) is 6.54 Å². The fourth-order valence-electron chi connectivity index (χ4n) is 3.61. The number of unbranched alkanes of at least 4 members (excludes halogenated alkanes) is 1. The summed E-state index contributed by atoms with van der Waals surface area (Å²) in [7, 11) is -3.63. The number of carbonyl (C=O) groups excluding carboxylic acids is 2. The van der Waals surface area contributed by atoms with Crippen molar-refractivity contribution >= 4 is 43.5 Å². The predicted octanol–water partition coefficient (Wildman–Crippen LogP) is 4.13. The van der Waals surface area contributed by atoms with Crippen molar-refractivity contribution in [3.05, 3.63) is 58.4 Å². The molecule has 0 atom stereocenters. The number of aromatic nitrogens is 1. The number of fused-ring (bicyclic) bond motifs is 1. The lowest BCUT2D eigenvalue weighted by atomic mass is 10.2. The molecule has 1 heterocycles. The molecular formula is C25H31N3O5S2. The number of esters is 1. The number of hydrogen-bond donors (Lipinski definition) is 0. The summed E-state index contributed by atoms with van der Waals surface area (Å²) in [6, 6.07) is 11.6. The first-order valence-electron chi connectivity index (χ1n) is 11.7. The molecule has 0 radical (unpaired) electrons. The van der Waals surface area contributed by atoms with Crippen molar-refractivity contribution in [1.82, 2.24) is 8.87 Å². The van der Waals surface area contributed by atoms with Gasteiger partial charge in [0.2, 0.25) is 10.0 Å². The molecule has 0 aliphatic carbocycles. The highest BCUT2D eigenvalue weighted by atomic mass is 32.2. The summed E-state index contributed by atoms with van der Waals surface area (Å²) < 4.78 is 35.0. The molecule has 3 rings (SSSR count). The van der Waals surface area contributed by atoms with E-state index in [-0.39, 0.29) is 23.6 Å². The molecule has 35 heavy (non-hydrogen) atoms. The first-order chi connectivity index (χ1) is 16.7. The minimum atomic E-state index is -3.63. The van der Waals surface area contributed by atoms with Crippen LogP contribution in [0.1, 0.15) is 49.5 Å². The van der Waals surface area contributed by atoms with E-state index in [4.69, 9.17) is 4.74 Å². The molecule has 0 bridgehead atoms. The SMILES string of the molecule is CCCCN(CC)S(=O)(=O)c1ccc(C(=O)N=c2sc3cc(C)ccc3n2CC(=O)OCC)cc1. The van der Waals surface area contributed by atoms with E-state index in [1.165, 1.54) is 39.9 Å². The highest BCUT2D eigenvalue weighted by Gasteiger charge is 2.23. The summed E-state index contributed by atoms with van der Waals surface area (Å²) in [6.07, 6.45) is 1.68. The van der Waals surface area contributed by atoms with Crippen molar-refractivity contribution in [2.75, 3.05) is 19.7 Å². The van der Waals surface area contributed by atoms with Gasteiger partial charge in [-0.1, -0.05) is 37.7 Å². The van der Waals surface area contributed by atoms with Crippen LogP contribution in [0.15, 0.2) is 52.4 Å². The van der Waals surface area contributed by atoms with Gasteiger partial charge >= 0.3 is 5.97 Å². The van der Waals surface area contributed by atoms with Crippen molar-refractivity contribution in [1.29, 1.82) is 0 Å². The Morgan fingerprint density at radius 1 is 1.09 bits per heavy atom. The zero-order valence-corrected chi connectivity index (χ0v) is 22.1. The van der Waals surface area contributed by atoms with E-state index in [0.29, 0.717) is 17.9 Å². The number of rotatable bonds is 10. The molecule has 0 aliphatic heterocycles. The zero-order chi connectivity index (χ0) is 25.6. The van der Waals surface area contributed by atoms with E-state index < -0.39 is 21.9 Å². The Bertz CT molecular complexity index is 1370. The smallest absolute Gasteiger partial charge is 0.326 e. The highest BCUT2D eigenvalue weighted by molar-refractivity contribution is 7.89. The monoisotopic (exact) mass is 517 g/mol. The molecule has 2 aromatic carbocycles. The molecule has 1 aromatic heterocycles. The van der Waals surface area contributed by atoms with Gasteiger partial charge in [0.15, 0.2) is 4.80 Å². The average molecular weight is 518 g/mol. The van der Waals surface area contributed by atoms with E-state index in [1.54, 1.807) is 11.5 Å². The molecule has 3 aromatic rings. The third-order valence-electron chi connectivity index (χ3n) is 5.48. The summed E-state index contributed by atoms with van der Waals surface area (Å²) in [4.78, 5) is 29.9. The number of amides is 1. The Morgan fingerprint density at radius 2 is 1.80 bits per heavy atom. The highest BCUT2D eigenvalue weighted by Crippen LogP contribution is 2.20. The molecule has 188 valence electrons. The van der Waals surface area contributed by atoms with Crippen molar-refractivity contribution in [3.8, 4) is 0 Å². The molecule has 0 saturated carbocycles. The molecule has 0 N–H and O–H groups in total. The molecule has 8 nitrogen and oxygen atoms in total. The molecule has 0 spiro atoms. The number of ether oxygens (including phenoxy) is 1. The molecular weight excluding hydrogens is 486 g/mol. The van der Waals surface area contributed by atoms with Crippen LogP contribution in [0, 0.1) is 6.92 Å². The average Bonchev–Trinajstić information content (AvgIpc) is 3.15. The molecule has 0 fully saturated rings. The predicted molar refractivity (Wildman–Crippen MR) is 137 cm³/mol. The fourth-order valence-corrected chi connectivity index (χ4v) is 6.22. The van der Waals surface area contributed by atoms with Crippen LogP contribution < -0.4 is 4.80 Å². The van der Waals surface area contributed by atoms with Gasteiger partial charge < -0.3 is 9.30 Å². The number of carbonyl (C=O) groups is 2. The molecule has 0 saturated heterocycles. The third kappa shape index (κ3) is 6.25. The molecule has 1 amide bonds. The van der Waals surface area contributed by atoms with E-state index in [9.17, 15) is 18.0 Å². The van der Waals surface area contributed by atoms with Gasteiger partial charge in [-0.3, -0.25) is 9.59 Å². The summed E-state index contributed by atoms with van der Waals surface area (Å²) >= 11 is 1.31.